The molecule has 2 aromatic heterocycles. The van der Waals surface area contributed by atoms with Crippen LogP contribution in [0.3, 0.4) is 0 Å². The lowest BCUT2D eigenvalue weighted by Crippen LogP contribution is -2.18. The maximum Gasteiger partial charge on any atom is 0.0518 e. The number of nitrogens with zero attached hydrogens (tertiary/aromatic N) is 2. The number of aromatic nitrogens is 2. The van der Waals surface area contributed by atoms with Gasteiger partial charge < -0.3 is 5.32 Å². The van der Waals surface area contributed by atoms with Crippen LogP contribution in [-0.4, -0.2) is 9.78 Å². The molecule has 0 bridgehead atoms. The predicted octanol–water partition coefficient (Wildman–Crippen LogP) is 3.09. The van der Waals surface area contributed by atoms with Gasteiger partial charge in [0.1, 0.15) is 0 Å². The standard InChI is InChI=1S/C11H14BrN3S/c1-8(11-5-9(12)7-16-11)13-6-10-3-4-14-15(10)2/h3-5,7-8,13H,6H2,1-2H3/t8-/m0/s1. The van der Waals surface area contributed by atoms with Crippen molar-refractivity contribution in [3.63, 3.8) is 0 Å². The van der Waals surface area contributed by atoms with Crippen LogP contribution in [0.4, 0.5) is 0 Å². The Morgan fingerprint density at radius 1 is 1.62 bits per heavy atom. The first-order chi connectivity index (χ1) is 7.66. The van der Waals surface area contributed by atoms with Crippen LogP contribution in [-0.2, 0) is 13.6 Å². The number of rotatable bonds is 4. The van der Waals surface area contributed by atoms with Gasteiger partial charge in [0.2, 0.25) is 0 Å². The first-order valence-electron chi connectivity index (χ1n) is 5.11. The van der Waals surface area contributed by atoms with Crippen LogP contribution in [0.5, 0.6) is 0 Å². The average molecular weight is 300 g/mol. The van der Waals surface area contributed by atoms with Crippen LogP contribution in [0.2, 0.25) is 0 Å². The van der Waals surface area contributed by atoms with E-state index >= 15 is 0 Å². The molecular formula is C11H14BrN3S. The van der Waals surface area contributed by atoms with Crippen molar-refractivity contribution in [2.45, 2.75) is 19.5 Å². The highest BCUT2D eigenvalue weighted by Crippen LogP contribution is 2.25. The van der Waals surface area contributed by atoms with Crippen LogP contribution in [0, 0.1) is 0 Å². The van der Waals surface area contributed by atoms with Gasteiger partial charge in [-0.1, -0.05) is 0 Å². The summed E-state index contributed by atoms with van der Waals surface area (Å²) in [6.45, 7) is 3.02. The Labute approximate surface area is 108 Å². The van der Waals surface area contributed by atoms with Gasteiger partial charge in [0, 0.05) is 40.6 Å². The lowest BCUT2D eigenvalue weighted by Gasteiger charge is -2.11. The second-order valence-corrected chi connectivity index (χ2v) is 5.57. The molecule has 0 saturated carbocycles. The van der Waals surface area contributed by atoms with Gasteiger partial charge in [-0.05, 0) is 35.0 Å². The van der Waals surface area contributed by atoms with Crippen molar-refractivity contribution >= 4 is 27.3 Å². The summed E-state index contributed by atoms with van der Waals surface area (Å²) in [7, 11) is 1.96. The fraction of sp³-hybridized carbons (Fsp3) is 0.364. The van der Waals surface area contributed by atoms with Crippen LogP contribution >= 0.6 is 27.3 Å². The van der Waals surface area contributed by atoms with E-state index in [0.29, 0.717) is 6.04 Å². The molecule has 5 heteroatoms. The monoisotopic (exact) mass is 299 g/mol. The topological polar surface area (TPSA) is 29.9 Å². The third kappa shape index (κ3) is 2.72. The third-order valence-electron chi connectivity index (χ3n) is 2.53. The summed E-state index contributed by atoms with van der Waals surface area (Å²) in [5.74, 6) is 0. The molecule has 2 aromatic rings. The molecule has 0 spiro atoms. The molecule has 0 radical (unpaired) electrons. The first kappa shape index (κ1) is 11.8. The SMILES string of the molecule is C[C@H](NCc1ccnn1C)c1cc(Br)cs1. The van der Waals surface area contributed by atoms with Crippen LogP contribution in [0.15, 0.2) is 28.2 Å². The van der Waals surface area contributed by atoms with Crippen LogP contribution in [0.1, 0.15) is 23.5 Å². The predicted molar refractivity (Wildman–Crippen MR) is 70.5 cm³/mol. The summed E-state index contributed by atoms with van der Waals surface area (Å²) >= 11 is 5.24. The molecule has 2 heterocycles. The molecule has 0 saturated heterocycles. The molecular weight excluding hydrogens is 286 g/mol. The normalized spacial score (nSPS) is 12.9. The number of thiophene rings is 1. The van der Waals surface area contributed by atoms with E-state index in [-0.39, 0.29) is 0 Å². The van der Waals surface area contributed by atoms with Gasteiger partial charge in [-0.15, -0.1) is 11.3 Å². The molecule has 0 unspecified atom stereocenters. The van der Waals surface area contributed by atoms with Crippen molar-refractivity contribution in [2.24, 2.45) is 7.05 Å². The average Bonchev–Trinajstić information content (AvgIpc) is 2.84. The minimum absolute atomic E-state index is 0.367. The van der Waals surface area contributed by atoms with Gasteiger partial charge in [-0.2, -0.15) is 5.10 Å². The van der Waals surface area contributed by atoms with E-state index in [0.717, 1.165) is 11.0 Å². The van der Waals surface area contributed by atoms with E-state index in [2.05, 4.69) is 44.7 Å². The maximum absolute atomic E-state index is 4.14. The summed E-state index contributed by atoms with van der Waals surface area (Å²) < 4.78 is 3.05. The zero-order valence-electron chi connectivity index (χ0n) is 9.27. The Morgan fingerprint density at radius 2 is 2.44 bits per heavy atom. The van der Waals surface area contributed by atoms with E-state index in [4.69, 9.17) is 0 Å². The van der Waals surface area contributed by atoms with Crippen molar-refractivity contribution in [1.29, 1.82) is 0 Å². The third-order valence-corrected chi connectivity index (χ3v) is 4.40. The van der Waals surface area contributed by atoms with Gasteiger partial charge in [0.15, 0.2) is 0 Å². The Balaban J connectivity index is 1.93. The molecule has 0 aromatic carbocycles. The van der Waals surface area contributed by atoms with Gasteiger partial charge >= 0.3 is 0 Å². The maximum atomic E-state index is 4.14. The number of hydrogen-bond acceptors (Lipinski definition) is 3. The van der Waals surface area contributed by atoms with Crippen molar-refractivity contribution in [2.75, 3.05) is 0 Å². The van der Waals surface area contributed by atoms with E-state index in [1.54, 1.807) is 11.3 Å². The quantitative estimate of drug-likeness (QED) is 0.940. The van der Waals surface area contributed by atoms with E-state index < -0.39 is 0 Å². The first-order valence-corrected chi connectivity index (χ1v) is 6.78. The Bertz CT molecular complexity index is 463. The van der Waals surface area contributed by atoms with Crippen molar-refractivity contribution < 1.29 is 0 Å². The molecule has 1 N–H and O–H groups in total. The van der Waals surface area contributed by atoms with E-state index in [1.165, 1.54) is 10.6 Å². The number of halogens is 1. The summed E-state index contributed by atoms with van der Waals surface area (Å²) in [6.07, 6.45) is 1.82. The van der Waals surface area contributed by atoms with Gasteiger partial charge in [-0.25, -0.2) is 0 Å². The summed E-state index contributed by atoms with van der Waals surface area (Å²) in [6, 6.07) is 4.56. The number of aryl methyl sites for hydroxylation is 1. The fourth-order valence-electron chi connectivity index (χ4n) is 1.49. The summed E-state index contributed by atoms with van der Waals surface area (Å²) in [4.78, 5) is 1.34. The van der Waals surface area contributed by atoms with Crippen LogP contribution in [0.25, 0.3) is 0 Å². The van der Waals surface area contributed by atoms with Crippen molar-refractivity contribution in [3.8, 4) is 0 Å². The molecule has 0 amide bonds. The molecule has 2 rings (SSSR count). The molecule has 0 aliphatic carbocycles. The molecule has 0 fully saturated rings. The Morgan fingerprint density at radius 3 is 3.00 bits per heavy atom. The van der Waals surface area contributed by atoms with E-state index in [9.17, 15) is 0 Å². The molecule has 0 aliphatic rings. The largest absolute Gasteiger partial charge is 0.304 e. The fourth-order valence-corrected chi connectivity index (χ4v) is 2.97. The highest BCUT2D eigenvalue weighted by Gasteiger charge is 2.08. The minimum Gasteiger partial charge on any atom is -0.304 e. The second-order valence-electron chi connectivity index (χ2n) is 3.72. The molecule has 16 heavy (non-hydrogen) atoms. The highest BCUT2D eigenvalue weighted by molar-refractivity contribution is 9.10. The van der Waals surface area contributed by atoms with Gasteiger partial charge in [0.05, 0.1) is 5.69 Å². The van der Waals surface area contributed by atoms with Gasteiger partial charge in [0.25, 0.3) is 0 Å². The van der Waals surface area contributed by atoms with Crippen molar-refractivity contribution in [1.82, 2.24) is 15.1 Å². The molecule has 1 atom stereocenters. The summed E-state index contributed by atoms with van der Waals surface area (Å²) in [5, 5.41) is 9.74. The van der Waals surface area contributed by atoms with Crippen LogP contribution < -0.4 is 5.32 Å². The number of nitrogens with one attached hydrogen (secondary N) is 1. The highest BCUT2D eigenvalue weighted by atomic mass is 79.9. The number of hydrogen-bond donors (Lipinski definition) is 1. The second kappa shape index (κ2) is 5.12. The Hall–Kier alpha value is -0.650. The molecule has 0 aliphatic heterocycles. The molecule has 3 nitrogen and oxygen atoms in total. The van der Waals surface area contributed by atoms with Gasteiger partial charge in [-0.3, -0.25) is 4.68 Å². The minimum atomic E-state index is 0.367. The zero-order valence-corrected chi connectivity index (χ0v) is 11.7. The summed E-state index contributed by atoms with van der Waals surface area (Å²) in [5.41, 5.74) is 1.20. The molecule has 86 valence electrons. The zero-order chi connectivity index (χ0) is 11.5. The Kier molecular flexibility index (Phi) is 3.78. The van der Waals surface area contributed by atoms with Crippen molar-refractivity contribution in [3.05, 3.63) is 38.8 Å². The smallest absolute Gasteiger partial charge is 0.0518 e. The lowest BCUT2D eigenvalue weighted by molar-refractivity contribution is 0.554. The van der Waals surface area contributed by atoms with E-state index in [1.807, 2.05) is 24.0 Å². The lowest BCUT2D eigenvalue weighted by atomic mass is 10.2.